The van der Waals surface area contributed by atoms with Gasteiger partial charge in [-0.1, -0.05) is 0 Å². The first-order valence-corrected chi connectivity index (χ1v) is 6.18. The minimum atomic E-state index is -0.475. The molecule has 0 aliphatic heterocycles. The number of hydrogen-bond acceptors (Lipinski definition) is 4. The number of carbonyl (C=O) groups is 1. The number of aryl methyl sites for hydroxylation is 1. The summed E-state index contributed by atoms with van der Waals surface area (Å²) in [5, 5.41) is 12.0. The van der Waals surface area contributed by atoms with Crippen molar-refractivity contribution in [2.45, 2.75) is 32.8 Å². The van der Waals surface area contributed by atoms with Gasteiger partial charge in [-0.3, -0.25) is 4.79 Å². The number of nitrogens with one attached hydrogen (secondary N) is 1. The molecule has 1 aromatic rings. The van der Waals surface area contributed by atoms with Crippen LogP contribution in [0.5, 0.6) is 11.5 Å². The van der Waals surface area contributed by atoms with Crippen LogP contribution >= 0.6 is 0 Å². The molecule has 0 bridgehead atoms. The summed E-state index contributed by atoms with van der Waals surface area (Å²) in [7, 11) is 3.12. The number of aliphatic hydroxyl groups is 1. The third-order valence-electron chi connectivity index (χ3n) is 2.79. The lowest BCUT2D eigenvalue weighted by Crippen LogP contribution is -2.14. The number of aliphatic hydroxyl groups excluding tert-OH is 1. The lowest BCUT2D eigenvalue weighted by Gasteiger charge is -2.13. The van der Waals surface area contributed by atoms with E-state index >= 15 is 0 Å². The Kier molecular flexibility index (Phi) is 5.63. The van der Waals surface area contributed by atoms with Crippen LogP contribution in [0.4, 0.5) is 5.69 Å². The van der Waals surface area contributed by atoms with Crippen molar-refractivity contribution in [1.29, 1.82) is 0 Å². The van der Waals surface area contributed by atoms with E-state index in [1.165, 1.54) is 0 Å². The van der Waals surface area contributed by atoms with Crippen LogP contribution in [0.15, 0.2) is 12.1 Å². The van der Waals surface area contributed by atoms with Crippen LogP contribution in [0.2, 0.25) is 0 Å². The fourth-order valence-electron chi connectivity index (χ4n) is 1.67. The Hall–Kier alpha value is -1.75. The number of benzene rings is 1. The molecule has 0 heterocycles. The van der Waals surface area contributed by atoms with E-state index in [0.29, 0.717) is 23.6 Å². The van der Waals surface area contributed by atoms with E-state index in [-0.39, 0.29) is 12.3 Å². The largest absolute Gasteiger partial charge is 0.493 e. The van der Waals surface area contributed by atoms with Gasteiger partial charge in [-0.25, -0.2) is 0 Å². The third-order valence-corrected chi connectivity index (χ3v) is 2.79. The summed E-state index contributed by atoms with van der Waals surface area (Å²) in [6.07, 6.45) is 0.251. The van der Waals surface area contributed by atoms with Crippen molar-refractivity contribution in [2.75, 3.05) is 19.5 Å². The van der Waals surface area contributed by atoms with Crippen molar-refractivity contribution in [3.8, 4) is 11.5 Å². The van der Waals surface area contributed by atoms with Crippen LogP contribution in [-0.2, 0) is 4.79 Å². The fourth-order valence-corrected chi connectivity index (χ4v) is 1.67. The number of anilines is 1. The number of carbonyl (C=O) groups excluding carboxylic acids is 1. The Labute approximate surface area is 113 Å². The molecule has 0 aliphatic rings. The molecule has 106 valence electrons. The fraction of sp³-hybridized carbons (Fsp3) is 0.500. The number of amides is 1. The summed E-state index contributed by atoms with van der Waals surface area (Å²) in [4.78, 5) is 11.7. The van der Waals surface area contributed by atoms with E-state index in [2.05, 4.69) is 5.32 Å². The maximum Gasteiger partial charge on any atom is 0.224 e. The molecule has 1 aromatic carbocycles. The highest BCUT2D eigenvalue weighted by Crippen LogP contribution is 2.32. The van der Waals surface area contributed by atoms with Crippen molar-refractivity contribution in [3.63, 3.8) is 0 Å². The maximum atomic E-state index is 11.7. The Balaban J connectivity index is 2.80. The second kappa shape index (κ2) is 6.99. The van der Waals surface area contributed by atoms with Gasteiger partial charge < -0.3 is 19.9 Å². The van der Waals surface area contributed by atoms with Crippen LogP contribution in [-0.4, -0.2) is 31.3 Å². The molecule has 5 heteroatoms. The van der Waals surface area contributed by atoms with Gasteiger partial charge in [0.2, 0.25) is 5.91 Å². The second-order valence-corrected chi connectivity index (χ2v) is 4.46. The van der Waals surface area contributed by atoms with Gasteiger partial charge in [-0.15, -0.1) is 0 Å². The summed E-state index contributed by atoms with van der Waals surface area (Å²) in [6, 6.07) is 3.54. The molecule has 1 amide bonds. The highest BCUT2D eigenvalue weighted by atomic mass is 16.5. The second-order valence-electron chi connectivity index (χ2n) is 4.46. The minimum Gasteiger partial charge on any atom is -0.493 e. The quantitative estimate of drug-likeness (QED) is 0.828. The van der Waals surface area contributed by atoms with E-state index in [4.69, 9.17) is 14.6 Å². The molecular weight excluding hydrogens is 246 g/mol. The first-order valence-electron chi connectivity index (χ1n) is 6.18. The normalized spacial score (nSPS) is 11.8. The molecule has 5 nitrogen and oxygen atoms in total. The maximum absolute atomic E-state index is 11.7. The van der Waals surface area contributed by atoms with Crippen molar-refractivity contribution in [2.24, 2.45) is 0 Å². The van der Waals surface area contributed by atoms with Gasteiger partial charge in [-0.05, 0) is 31.9 Å². The van der Waals surface area contributed by atoms with E-state index < -0.39 is 6.10 Å². The van der Waals surface area contributed by atoms with Crippen molar-refractivity contribution >= 4 is 11.6 Å². The van der Waals surface area contributed by atoms with E-state index in [1.807, 2.05) is 13.0 Å². The minimum absolute atomic E-state index is 0.129. The van der Waals surface area contributed by atoms with Crippen molar-refractivity contribution < 1.29 is 19.4 Å². The SMILES string of the molecule is COc1cc(C)c(NC(=O)CCC(C)O)cc1OC. The summed E-state index contributed by atoms with van der Waals surface area (Å²) in [5.41, 5.74) is 1.58. The predicted molar refractivity (Wildman–Crippen MR) is 73.8 cm³/mol. The lowest BCUT2D eigenvalue weighted by atomic mass is 10.1. The van der Waals surface area contributed by atoms with Crippen LogP contribution in [0.3, 0.4) is 0 Å². The summed E-state index contributed by atoms with van der Waals surface area (Å²) in [5.74, 6) is 1.07. The highest BCUT2D eigenvalue weighted by Gasteiger charge is 2.11. The molecule has 0 radical (unpaired) electrons. The average Bonchev–Trinajstić information content (AvgIpc) is 2.38. The Morgan fingerprint density at radius 1 is 1.32 bits per heavy atom. The van der Waals surface area contributed by atoms with Gasteiger partial charge in [0.15, 0.2) is 11.5 Å². The standard InChI is InChI=1S/C14H21NO4/c1-9-7-12(18-3)13(19-4)8-11(9)15-14(17)6-5-10(2)16/h7-8,10,16H,5-6H2,1-4H3,(H,15,17). The molecule has 0 saturated carbocycles. The first kappa shape index (κ1) is 15.3. The van der Waals surface area contributed by atoms with Gasteiger partial charge in [0.1, 0.15) is 0 Å². The number of hydrogen-bond donors (Lipinski definition) is 2. The van der Waals surface area contributed by atoms with Gasteiger partial charge in [0, 0.05) is 18.2 Å². The summed E-state index contributed by atoms with van der Waals surface area (Å²) >= 11 is 0. The zero-order valence-electron chi connectivity index (χ0n) is 11.8. The molecule has 0 aliphatic carbocycles. The van der Waals surface area contributed by atoms with E-state index in [0.717, 1.165) is 5.56 Å². The number of ether oxygens (including phenoxy) is 2. The van der Waals surface area contributed by atoms with Crippen LogP contribution in [0, 0.1) is 6.92 Å². The molecule has 19 heavy (non-hydrogen) atoms. The number of rotatable bonds is 6. The van der Waals surface area contributed by atoms with Gasteiger partial charge in [0.25, 0.3) is 0 Å². The zero-order valence-corrected chi connectivity index (χ0v) is 11.8. The molecule has 1 unspecified atom stereocenters. The lowest BCUT2D eigenvalue weighted by molar-refractivity contribution is -0.116. The highest BCUT2D eigenvalue weighted by molar-refractivity contribution is 5.92. The zero-order chi connectivity index (χ0) is 14.4. The molecule has 0 aromatic heterocycles. The summed E-state index contributed by atoms with van der Waals surface area (Å²) in [6.45, 7) is 3.54. The molecule has 0 fully saturated rings. The average molecular weight is 267 g/mol. The van der Waals surface area contributed by atoms with Gasteiger partial charge >= 0.3 is 0 Å². The third kappa shape index (κ3) is 4.44. The van der Waals surface area contributed by atoms with Crippen LogP contribution < -0.4 is 14.8 Å². The topological polar surface area (TPSA) is 67.8 Å². The first-order chi connectivity index (χ1) is 8.97. The van der Waals surface area contributed by atoms with Crippen LogP contribution in [0.25, 0.3) is 0 Å². The van der Waals surface area contributed by atoms with E-state index in [9.17, 15) is 4.79 Å². The molecule has 0 saturated heterocycles. The molecule has 0 spiro atoms. The number of methoxy groups -OCH3 is 2. The van der Waals surface area contributed by atoms with Gasteiger partial charge in [0.05, 0.1) is 20.3 Å². The van der Waals surface area contributed by atoms with Crippen molar-refractivity contribution in [3.05, 3.63) is 17.7 Å². The van der Waals surface area contributed by atoms with Crippen molar-refractivity contribution in [1.82, 2.24) is 0 Å². The van der Waals surface area contributed by atoms with Gasteiger partial charge in [-0.2, -0.15) is 0 Å². The smallest absolute Gasteiger partial charge is 0.224 e. The molecular formula is C14H21NO4. The summed E-state index contributed by atoms with van der Waals surface area (Å²) < 4.78 is 10.4. The molecule has 1 rings (SSSR count). The van der Waals surface area contributed by atoms with E-state index in [1.54, 1.807) is 27.2 Å². The predicted octanol–water partition coefficient (Wildman–Crippen LogP) is 2.11. The molecule has 1 atom stereocenters. The monoisotopic (exact) mass is 267 g/mol. The van der Waals surface area contributed by atoms with Crippen LogP contribution in [0.1, 0.15) is 25.3 Å². The Morgan fingerprint density at radius 3 is 2.42 bits per heavy atom. The Morgan fingerprint density at radius 2 is 1.89 bits per heavy atom. The molecule has 2 N–H and O–H groups in total. The Bertz CT molecular complexity index is 443.